The lowest BCUT2D eigenvalue weighted by Gasteiger charge is -2.15. The minimum Gasteiger partial charge on any atom is -0.268 e. The highest BCUT2D eigenvalue weighted by atomic mass is 35.5. The number of pyridine rings is 1. The molecular formula is C22H14Cl2N4O2. The third-order valence-electron chi connectivity index (χ3n) is 5.12. The molecule has 6 nitrogen and oxygen atoms in total. The van der Waals surface area contributed by atoms with Gasteiger partial charge in [0.25, 0.3) is 11.8 Å². The molecule has 0 bridgehead atoms. The Morgan fingerprint density at radius 1 is 0.967 bits per heavy atom. The molecule has 0 atom stereocenters. The van der Waals surface area contributed by atoms with Gasteiger partial charge in [-0.2, -0.15) is 5.10 Å². The second kappa shape index (κ2) is 6.65. The highest BCUT2D eigenvalue weighted by Gasteiger charge is 2.40. The normalized spacial score (nSPS) is 13.4. The summed E-state index contributed by atoms with van der Waals surface area (Å²) in [5.41, 5.74) is 3.82. The Balaban J connectivity index is 1.72. The molecule has 30 heavy (non-hydrogen) atoms. The first-order chi connectivity index (χ1) is 14.4. The Morgan fingerprint density at radius 3 is 2.50 bits per heavy atom. The first-order valence-electron chi connectivity index (χ1n) is 9.16. The van der Waals surface area contributed by atoms with Gasteiger partial charge >= 0.3 is 0 Å². The van der Waals surface area contributed by atoms with Crippen molar-refractivity contribution < 1.29 is 9.59 Å². The fraction of sp³-hybridized carbons (Fsp3) is 0.0909. The zero-order chi connectivity index (χ0) is 21.2. The zero-order valence-electron chi connectivity index (χ0n) is 16.0. The molecule has 3 heterocycles. The van der Waals surface area contributed by atoms with Gasteiger partial charge in [-0.15, -0.1) is 0 Å². The smallest absolute Gasteiger partial charge is 0.267 e. The summed E-state index contributed by atoms with van der Waals surface area (Å²) in [6.07, 6.45) is 1.43. The number of hydrogen-bond acceptors (Lipinski definition) is 4. The van der Waals surface area contributed by atoms with Gasteiger partial charge in [0.15, 0.2) is 5.65 Å². The number of benzene rings is 2. The number of aromatic nitrogens is 3. The maximum Gasteiger partial charge on any atom is 0.267 e. The van der Waals surface area contributed by atoms with Crippen LogP contribution in [0.3, 0.4) is 0 Å². The van der Waals surface area contributed by atoms with E-state index in [1.807, 2.05) is 31.2 Å². The monoisotopic (exact) mass is 436 g/mol. The van der Waals surface area contributed by atoms with E-state index in [4.69, 9.17) is 23.2 Å². The minimum absolute atomic E-state index is 0.216. The fourth-order valence-corrected chi connectivity index (χ4v) is 4.27. The summed E-state index contributed by atoms with van der Waals surface area (Å²) >= 11 is 12.2. The first-order valence-corrected chi connectivity index (χ1v) is 9.91. The zero-order valence-corrected chi connectivity index (χ0v) is 17.5. The van der Waals surface area contributed by atoms with E-state index in [9.17, 15) is 9.59 Å². The fourth-order valence-electron chi connectivity index (χ4n) is 3.78. The molecule has 0 spiro atoms. The molecule has 1 aliphatic rings. The van der Waals surface area contributed by atoms with Crippen LogP contribution in [0.15, 0.2) is 48.7 Å². The summed E-state index contributed by atoms with van der Waals surface area (Å²) in [5, 5.41) is 5.78. The molecule has 0 saturated carbocycles. The van der Waals surface area contributed by atoms with Crippen LogP contribution in [0.2, 0.25) is 10.0 Å². The minimum atomic E-state index is -0.476. The molecule has 148 valence electrons. The van der Waals surface area contributed by atoms with Crippen LogP contribution >= 0.6 is 23.2 Å². The predicted molar refractivity (Wildman–Crippen MR) is 116 cm³/mol. The number of fused-ring (bicyclic) bond motifs is 3. The van der Waals surface area contributed by atoms with Crippen LogP contribution in [-0.2, 0) is 0 Å². The largest absolute Gasteiger partial charge is 0.268 e. The first kappa shape index (κ1) is 18.8. The van der Waals surface area contributed by atoms with E-state index in [-0.39, 0.29) is 21.8 Å². The molecule has 2 amide bonds. The Labute approximate surface area is 181 Å². The second-order valence-corrected chi connectivity index (χ2v) is 7.97. The number of nitrogens with zero attached hydrogens (tertiary/aromatic N) is 4. The maximum absolute atomic E-state index is 13.4. The molecule has 2 aromatic heterocycles. The maximum atomic E-state index is 13.4. The van der Waals surface area contributed by atoms with Gasteiger partial charge in [0, 0.05) is 11.2 Å². The molecule has 2 aromatic carbocycles. The average Bonchev–Trinajstić information content (AvgIpc) is 3.17. The van der Waals surface area contributed by atoms with Crippen LogP contribution in [0, 0.1) is 13.8 Å². The number of carbonyl (C=O) groups excluding carboxylic acids is 2. The van der Waals surface area contributed by atoms with Crippen molar-refractivity contribution in [1.29, 1.82) is 0 Å². The predicted octanol–water partition coefficient (Wildman–Crippen LogP) is 5.14. The van der Waals surface area contributed by atoms with Crippen LogP contribution in [0.25, 0.3) is 16.7 Å². The van der Waals surface area contributed by atoms with Gasteiger partial charge in [0.1, 0.15) is 0 Å². The number of carbonyl (C=O) groups is 2. The number of rotatable bonds is 2. The molecule has 4 aromatic rings. The van der Waals surface area contributed by atoms with E-state index in [1.165, 1.54) is 12.3 Å². The number of amides is 2. The highest BCUT2D eigenvalue weighted by Crippen LogP contribution is 2.37. The summed E-state index contributed by atoms with van der Waals surface area (Å²) in [6, 6.07) is 12.5. The molecule has 1 aliphatic heterocycles. The van der Waals surface area contributed by atoms with E-state index in [2.05, 4.69) is 10.1 Å². The molecular weight excluding hydrogens is 423 g/mol. The standard InChI is InChI=1S/C22H14Cl2N4O2/c1-11-4-3-5-14(8-11)28-20-18(12(2)26-28)19-15(10-25-20)21(29)27(22(19)30)17-7-6-13(23)9-16(17)24/h3-10H,1-2H3. The van der Waals surface area contributed by atoms with Gasteiger partial charge in [-0.25, -0.2) is 14.6 Å². The molecule has 0 fully saturated rings. The van der Waals surface area contributed by atoms with Crippen molar-refractivity contribution in [3.8, 4) is 5.69 Å². The van der Waals surface area contributed by atoms with Gasteiger partial charge < -0.3 is 0 Å². The van der Waals surface area contributed by atoms with Gasteiger partial charge in [-0.3, -0.25) is 9.59 Å². The van der Waals surface area contributed by atoms with Crippen molar-refractivity contribution in [2.75, 3.05) is 4.90 Å². The molecule has 0 aliphatic carbocycles. The van der Waals surface area contributed by atoms with Crippen molar-refractivity contribution in [3.63, 3.8) is 0 Å². The van der Waals surface area contributed by atoms with Crippen molar-refractivity contribution >= 4 is 51.7 Å². The average molecular weight is 437 g/mol. The van der Waals surface area contributed by atoms with E-state index >= 15 is 0 Å². The lowest BCUT2D eigenvalue weighted by atomic mass is 10.1. The number of hydrogen-bond donors (Lipinski definition) is 0. The SMILES string of the molecule is Cc1cccc(-n2nc(C)c3c4c(cnc32)C(=O)N(c2ccc(Cl)cc2Cl)C4=O)c1. The quantitative estimate of drug-likeness (QED) is 0.407. The van der Waals surface area contributed by atoms with Crippen molar-refractivity contribution in [1.82, 2.24) is 14.8 Å². The van der Waals surface area contributed by atoms with Crippen LogP contribution in [0.1, 0.15) is 32.0 Å². The number of aryl methyl sites for hydroxylation is 2. The summed E-state index contributed by atoms with van der Waals surface area (Å²) < 4.78 is 1.69. The van der Waals surface area contributed by atoms with Crippen LogP contribution < -0.4 is 4.90 Å². The van der Waals surface area contributed by atoms with Crippen LogP contribution in [0.5, 0.6) is 0 Å². The topological polar surface area (TPSA) is 68.1 Å². The van der Waals surface area contributed by atoms with Crippen molar-refractivity contribution in [3.05, 3.63) is 81.1 Å². The summed E-state index contributed by atoms with van der Waals surface area (Å²) in [5.74, 6) is -0.935. The molecule has 0 unspecified atom stereocenters. The molecule has 5 rings (SSSR count). The summed E-state index contributed by atoms with van der Waals surface area (Å²) in [4.78, 5) is 32.0. The summed E-state index contributed by atoms with van der Waals surface area (Å²) in [7, 11) is 0. The third-order valence-corrected chi connectivity index (χ3v) is 5.66. The van der Waals surface area contributed by atoms with E-state index < -0.39 is 11.8 Å². The number of halogens is 2. The Kier molecular flexibility index (Phi) is 4.17. The Morgan fingerprint density at radius 2 is 1.77 bits per heavy atom. The Bertz CT molecular complexity index is 1390. The molecule has 8 heteroatoms. The Hall–Kier alpha value is -3.22. The van der Waals surface area contributed by atoms with E-state index in [0.717, 1.165) is 16.2 Å². The van der Waals surface area contributed by atoms with Crippen LogP contribution in [0.4, 0.5) is 5.69 Å². The number of anilines is 1. The van der Waals surface area contributed by atoms with Gasteiger partial charge in [-0.1, -0.05) is 35.3 Å². The summed E-state index contributed by atoms with van der Waals surface area (Å²) in [6.45, 7) is 3.79. The van der Waals surface area contributed by atoms with Crippen molar-refractivity contribution in [2.24, 2.45) is 0 Å². The van der Waals surface area contributed by atoms with Crippen molar-refractivity contribution in [2.45, 2.75) is 13.8 Å². The third kappa shape index (κ3) is 2.65. The van der Waals surface area contributed by atoms with E-state index in [1.54, 1.807) is 23.7 Å². The van der Waals surface area contributed by atoms with Crippen LogP contribution in [-0.4, -0.2) is 26.6 Å². The lowest BCUT2D eigenvalue weighted by molar-refractivity contribution is 0.0926. The van der Waals surface area contributed by atoms with Gasteiger partial charge in [-0.05, 0) is 49.7 Å². The molecule has 0 N–H and O–H groups in total. The molecule has 0 radical (unpaired) electrons. The molecule has 0 saturated heterocycles. The van der Waals surface area contributed by atoms with Gasteiger partial charge in [0.2, 0.25) is 0 Å². The lowest BCUT2D eigenvalue weighted by Crippen LogP contribution is -2.29. The number of imide groups is 1. The van der Waals surface area contributed by atoms with Gasteiger partial charge in [0.05, 0.1) is 38.6 Å². The second-order valence-electron chi connectivity index (χ2n) is 7.12. The highest BCUT2D eigenvalue weighted by molar-refractivity contribution is 6.42. The van der Waals surface area contributed by atoms with E-state index in [0.29, 0.717) is 21.7 Å².